The summed E-state index contributed by atoms with van der Waals surface area (Å²) in [5.41, 5.74) is 1.76. The number of Topliss-reactive ketones (excluding diaryl/α,β-unsaturated/α-hetero) is 1. The second-order valence-corrected chi connectivity index (χ2v) is 4.88. The number of carbonyl (C=O) groups is 1. The van der Waals surface area contributed by atoms with Crippen LogP contribution in [0.1, 0.15) is 21.6 Å². The van der Waals surface area contributed by atoms with Crippen molar-refractivity contribution in [1.82, 2.24) is 4.98 Å². The van der Waals surface area contributed by atoms with Gasteiger partial charge in [-0.1, -0.05) is 12.1 Å². The molecule has 1 aromatic heterocycles. The largest absolute Gasteiger partial charge is 0.294 e. The Kier molecular flexibility index (Phi) is 3.87. The number of nitrogens with zero attached hydrogens (tertiary/aromatic N) is 1. The molecule has 1 aromatic carbocycles. The van der Waals surface area contributed by atoms with E-state index in [9.17, 15) is 9.18 Å². The maximum Gasteiger partial charge on any atom is 0.171 e. The van der Waals surface area contributed by atoms with E-state index >= 15 is 0 Å². The van der Waals surface area contributed by atoms with Crippen LogP contribution in [-0.2, 0) is 6.42 Å². The first-order chi connectivity index (χ1) is 8.58. The smallest absolute Gasteiger partial charge is 0.171 e. The number of rotatable bonds is 3. The Morgan fingerprint density at radius 1 is 1.33 bits per heavy atom. The van der Waals surface area contributed by atoms with E-state index in [0.29, 0.717) is 10.2 Å². The van der Waals surface area contributed by atoms with E-state index in [4.69, 9.17) is 0 Å². The minimum absolute atomic E-state index is 0.0896. The number of ketones is 1. The summed E-state index contributed by atoms with van der Waals surface area (Å²) in [6.45, 7) is 1.92. The molecule has 0 saturated heterocycles. The third-order valence-corrected chi connectivity index (χ3v) is 3.18. The van der Waals surface area contributed by atoms with E-state index in [-0.39, 0.29) is 17.8 Å². The fourth-order valence-corrected chi connectivity index (χ4v) is 1.95. The van der Waals surface area contributed by atoms with Gasteiger partial charge >= 0.3 is 0 Å². The molecule has 0 fully saturated rings. The number of pyridine rings is 1. The molecule has 0 atom stereocenters. The molecule has 2 rings (SSSR count). The van der Waals surface area contributed by atoms with Crippen LogP contribution in [0.15, 0.2) is 41.0 Å². The summed E-state index contributed by atoms with van der Waals surface area (Å²) in [5.74, 6) is -0.792. The Labute approximate surface area is 113 Å². The predicted molar refractivity (Wildman–Crippen MR) is 71.1 cm³/mol. The van der Waals surface area contributed by atoms with Crippen LogP contribution >= 0.6 is 15.9 Å². The van der Waals surface area contributed by atoms with Crippen molar-refractivity contribution in [2.24, 2.45) is 0 Å². The standard InChI is InChI=1S/C14H11BrFNO/c1-9-5-6-10(17-8-9)7-13(18)11-3-2-4-12(15)14(11)16/h2-6,8H,7H2,1H3. The van der Waals surface area contributed by atoms with Crippen molar-refractivity contribution >= 4 is 21.7 Å². The zero-order chi connectivity index (χ0) is 13.1. The summed E-state index contributed by atoms with van der Waals surface area (Å²) in [5, 5.41) is 0. The Morgan fingerprint density at radius 2 is 2.11 bits per heavy atom. The summed E-state index contributed by atoms with van der Waals surface area (Å²) >= 11 is 3.07. The Balaban J connectivity index is 2.22. The van der Waals surface area contributed by atoms with Crippen LogP contribution < -0.4 is 0 Å². The zero-order valence-corrected chi connectivity index (χ0v) is 11.4. The first kappa shape index (κ1) is 12.9. The number of aryl methyl sites for hydroxylation is 1. The van der Waals surface area contributed by atoms with Gasteiger partial charge in [0.2, 0.25) is 0 Å². The van der Waals surface area contributed by atoms with Gasteiger partial charge in [-0.25, -0.2) is 4.39 Å². The van der Waals surface area contributed by atoms with Crippen LogP contribution in [0.3, 0.4) is 0 Å². The number of carbonyl (C=O) groups excluding carboxylic acids is 1. The maximum absolute atomic E-state index is 13.7. The Hall–Kier alpha value is -1.55. The fraction of sp³-hybridized carbons (Fsp3) is 0.143. The summed E-state index contributed by atoms with van der Waals surface area (Å²) in [7, 11) is 0. The van der Waals surface area contributed by atoms with Crippen LogP contribution in [0.25, 0.3) is 0 Å². The monoisotopic (exact) mass is 307 g/mol. The van der Waals surface area contributed by atoms with Gasteiger partial charge in [0.25, 0.3) is 0 Å². The summed E-state index contributed by atoms with van der Waals surface area (Å²) in [6.07, 6.45) is 1.80. The second kappa shape index (κ2) is 5.40. The minimum atomic E-state index is -0.519. The van der Waals surface area contributed by atoms with Crippen molar-refractivity contribution in [2.45, 2.75) is 13.3 Å². The quantitative estimate of drug-likeness (QED) is 0.809. The van der Waals surface area contributed by atoms with Gasteiger partial charge < -0.3 is 0 Å². The van der Waals surface area contributed by atoms with E-state index in [1.807, 2.05) is 13.0 Å². The molecule has 92 valence electrons. The molecule has 0 aliphatic carbocycles. The first-order valence-corrected chi connectivity index (χ1v) is 6.26. The average Bonchev–Trinajstić information content (AvgIpc) is 2.35. The van der Waals surface area contributed by atoms with E-state index in [1.165, 1.54) is 6.07 Å². The van der Waals surface area contributed by atoms with Gasteiger partial charge in [-0.15, -0.1) is 0 Å². The minimum Gasteiger partial charge on any atom is -0.294 e. The zero-order valence-electron chi connectivity index (χ0n) is 9.78. The Bertz CT molecular complexity index is 581. The third-order valence-electron chi connectivity index (χ3n) is 2.57. The molecule has 0 saturated carbocycles. The molecule has 0 radical (unpaired) electrons. The van der Waals surface area contributed by atoms with Gasteiger partial charge in [-0.3, -0.25) is 9.78 Å². The van der Waals surface area contributed by atoms with Crippen LogP contribution in [0.5, 0.6) is 0 Å². The van der Waals surface area contributed by atoms with Crippen molar-refractivity contribution < 1.29 is 9.18 Å². The molecule has 0 aliphatic rings. The number of halogens is 2. The molecular weight excluding hydrogens is 297 g/mol. The lowest BCUT2D eigenvalue weighted by atomic mass is 10.1. The summed E-state index contributed by atoms with van der Waals surface area (Å²) < 4.78 is 14.0. The van der Waals surface area contributed by atoms with Crippen molar-refractivity contribution in [3.8, 4) is 0 Å². The van der Waals surface area contributed by atoms with Crippen molar-refractivity contribution in [3.63, 3.8) is 0 Å². The average molecular weight is 308 g/mol. The van der Waals surface area contributed by atoms with Crippen LogP contribution in [-0.4, -0.2) is 10.8 Å². The molecular formula is C14H11BrFNO. The molecule has 0 unspecified atom stereocenters. The SMILES string of the molecule is Cc1ccc(CC(=O)c2cccc(Br)c2F)nc1. The predicted octanol–water partition coefficient (Wildman–Crippen LogP) is 3.72. The van der Waals surface area contributed by atoms with E-state index in [2.05, 4.69) is 20.9 Å². The molecule has 0 aliphatic heterocycles. The highest BCUT2D eigenvalue weighted by atomic mass is 79.9. The highest BCUT2D eigenvalue weighted by molar-refractivity contribution is 9.10. The van der Waals surface area contributed by atoms with Gasteiger partial charge in [0.1, 0.15) is 5.82 Å². The van der Waals surface area contributed by atoms with E-state index < -0.39 is 5.82 Å². The molecule has 2 aromatic rings. The normalized spacial score (nSPS) is 10.4. The second-order valence-electron chi connectivity index (χ2n) is 4.03. The van der Waals surface area contributed by atoms with Crippen LogP contribution in [0.2, 0.25) is 0 Å². The van der Waals surface area contributed by atoms with E-state index in [0.717, 1.165) is 5.56 Å². The molecule has 2 nitrogen and oxygen atoms in total. The fourth-order valence-electron chi connectivity index (χ4n) is 1.58. The molecule has 0 spiro atoms. The highest BCUT2D eigenvalue weighted by Crippen LogP contribution is 2.19. The van der Waals surface area contributed by atoms with Crippen LogP contribution in [0, 0.1) is 12.7 Å². The lowest BCUT2D eigenvalue weighted by Gasteiger charge is -2.04. The molecule has 0 N–H and O–H groups in total. The van der Waals surface area contributed by atoms with Gasteiger partial charge in [-0.05, 0) is 46.6 Å². The van der Waals surface area contributed by atoms with Gasteiger partial charge in [-0.2, -0.15) is 0 Å². The summed E-state index contributed by atoms with van der Waals surface area (Å²) in [4.78, 5) is 16.1. The topological polar surface area (TPSA) is 30.0 Å². The molecule has 4 heteroatoms. The Morgan fingerprint density at radius 3 is 2.78 bits per heavy atom. The van der Waals surface area contributed by atoms with Crippen molar-refractivity contribution in [3.05, 3.63) is 63.6 Å². The van der Waals surface area contributed by atoms with Crippen molar-refractivity contribution in [2.75, 3.05) is 0 Å². The molecule has 0 amide bonds. The molecule has 18 heavy (non-hydrogen) atoms. The van der Waals surface area contributed by atoms with Gasteiger partial charge in [0, 0.05) is 11.9 Å². The maximum atomic E-state index is 13.7. The number of hydrogen-bond donors (Lipinski definition) is 0. The number of benzene rings is 1. The van der Waals surface area contributed by atoms with Gasteiger partial charge in [0.15, 0.2) is 5.78 Å². The lowest BCUT2D eigenvalue weighted by molar-refractivity contribution is 0.0988. The van der Waals surface area contributed by atoms with Crippen LogP contribution in [0.4, 0.5) is 4.39 Å². The first-order valence-electron chi connectivity index (χ1n) is 5.46. The molecule has 1 heterocycles. The number of aromatic nitrogens is 1. The van der Waals surface area contributed by atoms with E-state index in [1.54, 1.807) is 24.4 Å². The van der Waals surface area contributed by atoms with Gasteiger partial charge in [0.05, 0.1) is 16.5 Å². The summed E-state index contributed by atoms with van der Waals surface area (Å²) in [6, 6.07) is 8.35. The third kappa shape index (κ3) is 2.82. The number of hydrogen-bond acceptors (Lipinski definition) is 2. The lowest BCUT2D eigenvalue weighted by Crippen LogP contribution is -2.07. The van der Waals surface area contributed by atoms with Crippen molar-refractivity contribution in [1.29, 1.82) is 0 Å². The molecule has 0 bridgehead atoms. The highest BCUT2D eigenvalue weighted by Gasteiger charge is 2.14.